The van der Waals surface area contributed by atoms with Crippen molar-refractivity contribution in [3.63, 3.8) is 0 Å². The molecule has 2 aliphatic rings. The predicted octanol–water partition coefficient (Wildman–Crippen LogP) is 0.806. The summed E-state index contributed by atoms with van der Waals surface area (Å²) >= 11 is 0. The minimum absolute atomic E-state index is 0.0392. The zero-order valence-electron chi connectivity index (χ0n) is 9.76. The lowest BCUT2D eigenvalue weighted by atomic mass is 9.83. The molecule has 0 aromatic rings. The lowest BCUT2D eigenvalue weighted by molar-refractivity contribution is -0.132. The normalized spacial score (nSPS) is 21.2. The molecule has 0 radical (unpaired) electrons. The fraction of sp³-hybridized carbons (Fsp3) is 0.500. The van der Waals surface area contributed by atoms with Crippen LogP contribution in [0.2, 0.25) is 0 Å². The van der Waals surface area contributed by atoms with Crippen LogP contribution in [0.15, 0.2) is 23.3 Å². The van der Waals surface area contributed by atoms with Gasteiger partial charge in [-0.2, -0.15) is 8.42 Å². The molecule has 98 valence electrons. The van der Waals surface area contributed by atoms with E-state index in [1.54, 1.807) is 6.08 Å². The Kier molecular flexibility index (Phi) is 3.98. The van der Waals surface area contributed by atoms with Crippen LogP contribution in [-0.4, -0.2) is 37.6 Å². The molecule has 0 atom stereocenters. The van der Waals surface area contributed by atoms with Crippen molar-refractivity contribution < 1.29 is 23.1 Å². The van der Waals surface area contributed by atoms with E-state index in [0.29, 0.717) is 31.6 Å². The molecular formula is C12H14O5S. The Hall–Kier alpha value is -1.40. The summed E-state index contributed by atoms with van der Waals surface area (Å²) in [6, 6.07) is 0. The van der Waals surface area contributed by atoms with E-state index < -0.39 is 16.3 Å². The highest BCUT2D eigenvalue weighted by Crippen LogP contribution is 2.30. The lowest BCUT2D eigenvalue weighted by Gasteiger charge is -2.27. The molecule has 2 rings (SSSR count). The predicted molar refractivity (Wildman–Crippen MR) is 65.9 cm³/mol. The van der Waals surface area contributed by atoms with Crippen molar-refractivity contribution in [2.45, 2.75) is 19.3 Å². The molecule has 1 fully saturated rings. The summed E-state index contributed by atoms with van der Waals surface area (Å²) in [5.41, 5.74) is 0.578. The first-order valence-corrected chi connectivity index (χ1v) is 6.86. The third-order valence-electron chi connectivity index (χ3n) is 3.24. The Labute approximate surface area is 106 Å². The van der Waals surface area contributed by atoms with Gasteiger partial charge >= 0.3 is 5.97 Å². The van der Waals surface area contributed by atoms with Crippen molar-refractivity contribution in [3.05, 3.63) is 23.3 Å². The van der Waals surface area contributed by atoms with Gasteiger partial charge in [-0.15, -0.1) is 0 Å². The average molecular weight is 270 g/mol. The van der Waals surface area contributed by atoms with Gasteiger partial charge in [0.05, 0.1) is 10.4 Å². The maximum Gasteiger partial charge on any atom is 0.336 e. The minimum Gasteiger partial charge on any atom is -0.478 e. The molecule has 1 aliphatic carbocycles. The molecular weight excluding hydrogens is 256 g/mol. The second-order valence-electron chi connectivity index (χ2n) is 4.28. The lowest BCUT2D eigenvalue weighted by Crippen LogP contribution is -2.26. The molecule has 0 amide bonds. The van der Waals surface area contributed by atoms with E-state index in [2.05, 4.69) is 0 Å². The van der Waals surface area contributed by atoms with Crippen LogP contribution < -0.4 is 0 Å². The Morgan fingerprint density at radius 3 is 2.56 bits per heavy atom. The van der Waals surface area contributed by atoms with Crippen molar-refractivity contribution in [3.8, 4) is 0 Å². The van der Waals surface area contributed by atoms with Crippen molar-refractivity contribution in [1.82, 2.24) is 0 Å². The average Bonchev–Trinajstić information content (AvgIpc) is 2.38. The molecule has 1 aliphatic heterocycles. The zero-order valence-corrected chi connectivity index (χ0v) is 10.6. The van der Waals surface area contributed by atoms with E-state index in [-0.39, 0.29) is 22.8 Å². The fourth-order valence-corrected chi connectivity index (χ4v) is 3.10. The van der Waals surface area contributed by atoms with Crippen LogP contribution >= 0.6 is 0 Å². The number of rotatable bonds is 2. The maximum absolute atomic E-state index is 11.2. The molecule has 6 heteroatoms. The Morgan fingerprint density at radius 2 is 2.00 bits per heavy atom. The summed E-state index contributed by atoms with van der Waals surface area (Å²) in [6.45, 7) is 1.09. The number of hydrogen-bond donors (Lipinski definition) is 1. The molecule has 1 N–H and O–H groups in total. The van der Waals surface area contributed by atoms with Gasteiger partial charge in [0.15, 0.2) is 0 Å². The Balaban J connectivity index is 2.53. The van der Waals surface area contributed by atoms with Crippen LogP contribution in [-0.2, 0) is 19.8 Å². The van der Waals surface area contributed by atoms with Gasteiger partial charge in [0.1, 0.15) is 0 Å². The van der Waals surface area contributed by atoms with Crippen LogP contribution in [0, 0.1) is 5.92 Å². The van der Waals surface area contributed by atoms with Gasteiger partial charge in [-0.1, -0.05) is 12.2 Å². The Morgan fingerprint density at radius 1 is 1.33 bits per heavy atom. The van der Waals surface area contributed by atoms with Gasteiger partial charge in [-0.25, -0.2) is 4.79 Å². The second-order valence-corrected chi connectivity index (χ2v) is 5.25. The molecule has 0 saturated carbocycles. The molecule has 0 spiro atoms. The highest BCUT2D eigenvalue weighted by molar-refractivity contribution is 7.73. The van der Waals surface area contributed by atoms with Crippen LogP contribution in [0.3, 0.4) is 0 Å². The number of hydrogen-bond acceptors (Lipinski definition) is 4. The first-order valence-electron chi connectivity index (χ1n) is 5.78. The first kappa shape index (κ1) is 13.0. The SMILES string of the molecule is O=C(O)C1=C(C2CCOCC2)C(=S(=O)=O)CC=C1. The zero-order chi connectivity index (χ0) is 13.1. The number of aliphatic carboxylic acids is 1. The van der Waals surface area contributed by atoms with Crippen molar-refractivity contribution >= 4 is 21.1 Å². The fourth-order valence-electron chi connectivity index (χ4n) is 2.41. The van der Waals surface area contributed by atoms with Gasteiger partial charge in [0.25, 0.3) is 0 Å². The highest BCUT2D eigenvalue weighted by atomic mass is 32.2. The van der Waals surface area contributed by atoms with E-state index >= 15 is 0 Å². The maximum atomic E-state index is 11.2. The third-order valence-corrected chi connectivity index (χ3v) is 4.03. The third kappa shape index (κ3) is 2.54. The summed E-state index contributed by atoms with van der Waals surface area (Å²) in [5.74, 6) is -1.11. The van der Waals surface area contributed by atoms with Crippen LogP contribution in [0.5, 0.6) is 0 Å². The van der Waals surface area contributed by atoms with Gasteiger partial charge in [-0.05, 0) is 24.3 Å². The summed E-state index contributed by atoms with van der Waals surface area (Å²) in [5, 5.41) is 9.18. The summed E-state index contributed by atoms with van der Waals surface area (Å²) in [4.78, 5) is 11.4. The quantitative estimate of drug-likeness (QED) is 0.751. The molecule has 18 heavy (non-hydrogen) atoms. The van der Waals surface area contributed by atoms with E-state index in [1.807, 2.05) is 0 Å². The second kappa shape index (κ2) is 5.49. The van der Waals surface area contributed by atoms with E-state index in [1.165, 1.54) is 6.08 Å². The summed E-state index contributed by atoms with van der Waals surface area (Å²) in [7, 11) is -2.37. The molecule has 0 unspecified atom stereocenters. The smallest absolute Gasteiger partial charge is 0.336 e. The van der Waals surface area contributed by atoms with Gasteiger partial charge < -0.3 is 9.84 Å². The topological polar surface area (TPSA) is 80.7 Å². The number of carboxylic acids is 1. The monoisotopic (exact) mass is 270 g/mol. The van der Waals surface area contributed by atoms with Crippen LogP contribution in [0.25, 0.3) is 0 Å². The number of carboxylic acid groups (broad SMARTS) is 1. The van der Waals surface area contributed by atoms with Gasteiger partial charge in [0, 0.05) is 19.6 Å². The van der Waals surface area contributed by atoms with E-state index in [0.717, 1.165) is 0 Å². The van der Waals surface area contributed by atoms with E-state index in [4.69, 9.17) is 4.74 Å². The molecule has 5 nitrogen and oxygen atoms in total. The van der Waals surface area contributed by atoms with Crippen LogP contribution in [0.1, 0.15) is 19.3 Å². The standard InChI is InChI=1S/C12H14O5S/c13-12(14)9-2-1-3-10(18(15)16)11(9)8-4-6-17-7-5-8/h1-2,8H,3-7H2,(H,13,14). The first-order chi connectivity index (χ1) is 8.61. The summed E-state index contributed by atoms with van der Waals surface area (Å²) < 4.78 is 27.7. The van der Waals surface area contributed by atoms with E-state index in [9.17, 15) is 18.3 Å². The Bertz CT molecular complexity index is 539. The summed E-state index contributed by atoms with van der Waals surface area (Å²) in [6.07, 6.45) is 4.70. The molecule has 1 heterocycles. The number of ether oxygens (including phenoxy) is 1. The highest BCUT2D eigenvalue weighted by Gasteiger charge is 2.29. The molecule has 0 bridgehead atoms. The molecule has 0 aromatic heterocycles. The minimum atomic E-state index is -2.37. The van der Waals surface area contributed by atoms with Crippen molar-refractivity contribution in [1.29, 1.82) is 0 Å². The number of carbonyl (C=O) groups is 1. The van der Waals surface area contributed by atoms with Gasteiger partial charge in [-0.3, -0.25) is 0 Å². The number of allylic oxidation sites excluding steroid dienone is 2. The van der Waals surface area contributed by atoms with Crippen LogP contribution in [0.4, 0.5) is 0 Å². The largest absolute Gasteiger partial charge is 0.478 e. The van der Waals surface area contributed by atoms with Crippen molar-refractivity contribution in [2.24, 2.45) is 5.92 Å². The van der Waals surface area contributed by atoms with Crippen molar-refractivity contribution in [2.75, 3.05) is 13.2 Å². The molecule has 1 saturated heterocycles. The van der Waals surface area contributed by atoms with Gasteiger partial charge in [0.2, 0.25) is 10.3 Å². The molecule has 0 aromatic carbocycles.